The molecule has 1 amide bonds. The Balaban J connectivity index is 1.29. The van der Waals surface area contributed by atoms with Crippen molar-refractivity contribution in [2.75, 3.05) is 0 Å². The Morgan fingerprint density at radius 2 is 1.82 bits per heavy atom. The molecule has 2 N–H and O–H groups in total. The molecule has 3 aromatic rings. The highest BCUT2D eigenvalue weighted by atomic mass is 79.9. The summed E-state index contributed by atoms with van der Waals surface area (Å²) in [5.41, 5.74) is 1.03. The number of nitrogens with zero attached hydrogens (tertiary/aromatic N) is 2. The van der Waals surface area contributed by atoms with Gasteiger partial charge in [0.1, 0.15) is 22.1 Å². The van der Waals surface area contributed by atoms with Crippen LogP contribution >= 0.6 is 27.5 Å². The minimum Gasteiger partial charge on any atom is -0.444 e. The van der Waals surface area contributed by atoms with Crippen molar-refractivity contribution < 1.29 is 27.1 Å². The van der Waals surface area contributed by atoms with Crippen molar-refractivity contribution in [1.82, 2.24) is 19.6 Å². The lowest BCUT2D eigenvalue weighted by atomic mass is 9.87. The number of alkyl carbamates (subject to hydrolysis) is 1. The quantitative estimate of drug-likeness (QED) is 0.257. The van der Waals surface area contributed by atoms with Crippen LogP contribution in [0.15, 0.2) is 52.0 Å². The van der Waals surface area contributed by atoms with Crippen molar-refractivity contribution in [3.8, 4) is 22.6 Å². The third-order valence-electron chi connectivity index (χ3n) is 8.04. The van der Waals surface area contributed by atoms with Gasteiger partial charge in [0.05, 0.1) is 27.4 Å². The maximum Gasteiger partial charge on any atom is 0.408 e. The standard InChI is InChI=1S/C31H35BrClFN4O5S/c1-17(36-30(40)43-31(2,3)4)27(39)13-18-11-21-7-8-22(12-18)38(21)44(41,42)28-15-20(6-10-24(28)33)29-35-16-26(37-29)19-5-9-23(32)25(34)14-19/h5-6,9-10,14-18,21-22H,7-8,11-13H2,1-4H3,(H,35,37)(H,36,40)/t17-,18-,21+,22?/m0/s1. The number of carbonyl (C=O) groups excluding carboxylic acids is 2. The monoisotopic (exact) mass is 708 g/mol. The van der Waals surface area contributed by atoms with Gasteiger partial charge in [0.2, 0.25) is 10.0 Å². The highest BCUT2D eigenvalue weighted by Gasteiger charge is 2.48. The summed E-state index contributed by atoms with van der Waals surface area (Å²) in [6, 6.07) is 8.24. The number of hydrogen-bond acceptors (Lipinski definition) is 6. The number of aromatic nitrogens is 2. The first-order valence-corrected chi connectivity index (χ1v) is 17.1. The molecular weight excluding hydrogens is 675 g/mol. The second-order valence-electron chi connectivity index (χ2n) is 12.5. The molecule has 2 saturated heterocycles. The lowest BCUT2D eigenvalue weighted by Crippen LogP contribution is -2.47. The number of imidazole rings is 1. The number of piperidine rings is 1. The van der Waals surface area contributed by atoms with Crippen LogP contribution in [0.2, 0.25) is 5.02 Å². The number of rotatable bonds is 8. The van der Waals surface area contributed by atoms with Crippen molar-refractivity contribution in [3.63, 3.8) is 0 Å². The average Bonchev–Trinajstić information content (AvgIpc) is 3.53. The van der Waals surface area contributed by atoms with Gasteiger partial charge in [0.25, 0.3) is 0 Å². The molecule has 5 rings (SSSR count). The number of halogens is 3. The predicted octanol–water partition coefficient (Wildman–Crippen LogP) is 7.10. The van der Waals surface area contributed by atoms with Gasteiger partial charge in [0.15, 0.2) is 5.78 Å². The van der Waals surface area contributed by atoms with Gasteiger partial charge in [-0.25, -0.2) is 22.6 Å². The maximum absolute atomic E-state index is 14.1. The van der Waals surface area contributed by atoms with E-state index < -0.39 is 33.6 Å². The SMILES string of the molecule is C[C@H](NC(=O)OC(C)(C)C)C(=O)C[C@@H]1CC2CC[C@H](C1)N2S(=O)(=O)c1cc(-c2ncc(-c3ccc(Br)c(F)c3)[nH]2)ccc1Cl. The van der Waals surface area contributed by atoms with Gasteiger partial charge in [-0.05, 0) is 106 Å². The van der Waals surface area contributed by atoms with Crippen molar-refractivity contribution in [2.45, 2.75) is 88.4 Å². The molecule has 2 aliphatic heterocycles. The molecule has 4 atom stereocenters. The van der Waals surface area contributed by atoms with Crippen LogP contribution < -0.4 is 5.32 Å². The molecule has 0 aliphatic carbocycles. The Bertz CT molecular complexity index is 1680. The van der Waals surface area contributed by atoms with E-state index in [1.54, 1.807) is 56.4 Å². The van der Waals surface area contributed by atoms with Crippen LogP contribution in [0.3, 0.4) is 0 Å². The number of Topliss-reactive ketones (excluding diaryl/α,β-unsaturated/α-hetero) is 1. The second kappa shape index (κ2) is 12.5. The molecule has 13 heteroatoms. The summed E-state index contributed by atoms with van der Waals surface area (Å²) in [5.74, 6) is -0.101. The van der Waals surface area contributed by atoms with Crippen LogP contribution in [0, 0.1) is 11.7 Å². The van der Waals surface area contributed by atoms with E-state index in [2.05, 4.69) is 31.2 Å². The van der Waals surface area contributed by atoms with E-state index in [1.165, 1.54) is 18.2 Å². The Hall–Kier alpha value is -2.80. The molecule has 0 spiro atoms. The molecule has 2 aromatic carbocycles. The summed E-state index contributed by atoms with van der Waals surface area (Å²) in [6.07, 6.45) is 3.65. The van der Waals surface area contributed by atoms with Crippen molar-refractivity contribution >= 4 is 49.4 Å². The fourth-order valence-corrected chi connectivity index (χ4v) is 8.71. The van der Waals surface area contributed by atoms with E-state index in [0.717, 1.165) is 0 Å². The zero-order chi connectivity index (χ0) is 32.0. The first kappa shape index (κ1) is 32.6. The van der Waals surface area contributed by atoms with Crippen LogP contribution in [0.5, 0.6) is 0 Å². The number of benzene rings is 2. The lowest BCUT2D eigenvalue weighted by molar-refractivity contribution is -0.122. The van der Waals surface area contributed by atoms with Crippen LogP contribution in [-0.4, -0.2) is 58.3 Å². The van der Waals surface area contributed by atoms with E-state index in [-0.39, 0.29) is 40.1 Å². The highest BCUT2D eigenvalue weighted by molar-refractivity contribution is 9.10. The summed E-state index contributed by atoms with van der Waals surface area (Å²) in [6.45, 7) is 6.89. The molecule has 0 radical (unpaired) electrons. The first-order chi connectivity index (χ1) is 20.6. The van der Waals surface area contributed by atoms with Gasteiger partial charge in [-0.2, -0.15) is 4.31 Å². The Labute approximate surface area is 270 Å². The normalized spacial score (nSPS) is 21.2. The number of H-pyrrole nitrogens is 1. The zero-order valence-corrected chi connectivity index (χ0v) is 28.0. The zero-order valence-electron chi connectivity index (χ0n) is 24.9. The van der Waals surface area contributed by atoms with Gasteiger partial charge in [-0.1, -0.05) is 17.7 Å². The van der Waals surface area contributed by atoms with Crippen molar-refractivity contribution in [2.24, 2.45) is 5.92 Å². The van der Waals surface area contributed by atoms with Crippen LogP contribution in [0.4, 0.5) is 9.18 Å². The number of nitrogens with one attached hydrogen (secondary N) is 2. The molecule has 2 fully saturated rings. The van der Waals surface area contributed by atoms with Gasteiger partial charge in [-0.3, -0.25) is 4.79 Å². The van der Waals surface area contributed by atoms with E-state index >= 15 is 0 Å². The lowest BCUT2D eigenvalue weighted by Gasteiger charge is -2.38. The van der Waals surface area contributed by atoms with E-state index in [0.29, 0.717) is 52.8 Å². The number of sulfonamides is 1. The third-order valence-corrected chi connectivity index (χ3v) is 11.2. The maximum atomic E-state index is 14.1. The summed E-state index contributed by atoms with van der Waals surface area (Å²) in [4.78, 5) is 32.6. The molecule has 236 valence electrons. The van der Waals surface area contributed by atoms with Crippen molar-refractivity contribution in [3.05, 3.63) is 57.9 Å². The molecule has 1 unspecified atom stereocenters. The number of ketones is 1. The topological polar surface area (TPSA) is 121 Å². The van der Waals surface area contributed by atoms with Crippen LogP contribution in [-0.2, 0) is 19.6 Å². The van der Waals surface area contributed by atoms with Crippen LogP contribution in [0.1, 0.15) is 59.8 Å². The van der Waals surface area contributed by atoms with E-state index in [9.17, 15) is 22.4 Å². The van der Waals surface area contributed by atoms with Gasteiger partial charge in [0, 0.05) is 29.6 Å². The van der Waals surface area contributed by atoms with E-state index in [1.807, 2.05) is 0 Å². The number of amides is 1. The number of fused-ring (bicyclic) bond motifs is 2. The Morgan fingerprint density at radius 1 is 1.16 bits per heavy atom. The van der Waals surface area contributed by atoms with Crippen LogP contribution in [0.25, 0.3) is 22.6 Å². The fraction of sp³-hybridized carbons (Fsp3) is 0.452. The fourth-order valence-electron chi connectivity index (χ4n) is 6.07. The number of aromatic amines is 1. The molecule has 44 heavy (non-hydrogen) atoms. The molecule has 2 bridgehead atoms. The summed E-state index contributed by atoms with van der Waals surface area (Å²) >= 11 is 9.63. The minimum absolute atomic E-state index is 0.00105. The Kier molecular flexibility index (Phi) is 9.28. The largest absolute Gasteiger partial charge is 0.444 e. The second-order valence-corrected chi connectivity index (χ2v) is 15.6. The molecule has 0 saturated carbocycles. The average molecular weight is 710 g/mol. The molecular formula is C31H35BrClFN4O5S. The van der Waals surface area contributed by atoms with Crippen molar-refractivity contribution in [1.29, 1.82) is 0 Å². The minimum atomic E-state index is -3.97. The third kappa shape index (κ3) is 7.03. The molecule has 2 aliphatic rings. The van der Waals surface area contributed by atoms with E-state index in [4.69, 9.17) is 16.3 Å². The summed E-state index contributed by atoms with van der Waals surface area (Å²) in [7, 11) is -3.97. The van der Waals surface area contributed by atoms with Gasteiger partial charge in [-0.15, -0.1) is 0 Å². The highest BCUT2D eigenvalue weighted by Crippen LogP contribution is 2.44. The number of ether oxygens (including phenoxy) is 1. The first-order valence-electron chi connectivity index (χ1n) is 14.5. The smallest absolute Gasteiger partial charge is 0.408 e. The predicted molar refractivity (Wildman–Crippen MR) is 169 cm³/mol. The molecule has 9 nitrogen and oxygen atoms in total. The van der Waals surface area contributed by atoms with Gasteiger partial charge < -0.3 is 15.0 Å². The molecule has 3 heterocycles. The molecule has 1 aromatic heterocycles. The summed E-state index contributed by atoms with van der Waals surface area (Å²) in [5, 5.41) is 2.71. The van der Waals surface area contributed by atoms with Gasteiger partial charge >= 0.3 is 6.09 Å². The summed E-state index contributed by atoms with van der Waals surface area (Å²) < 4.78 is 49.4. The Morgan fingerprint density at radius 3 is 2.45 bits per heavy atom. The number of carbonyl (C=O) groups is 2. The number of hydrogen-bond donors (Lipinski definition) is 2.